The number of aryl methyl sites for hydroxylation is 1. The Labute approximate surface area is 103 Å². The second kappa shape index (κ2) is 4.78. The van der Waals surface area contributed by atoms with Crippen molar-refractivity contribution in [2.24, 2.45) is 0 Å². The highest BCUT2D eigenvalue weighted by Gasteiger charge is 2.17. The third-order valence-corrected chi connectivity index (χ3v) is 2.47. The maximum absolute atomic E-state index is 11.0. The third kappa shape index (κ3) is 2.42. The molecule has 1 aromatic heterocycles. The summed E-state index contributed by atoms with van der Waals surface area (Å²) in [7, 11) is 0. The molecule has 94 valence electrons. The molecule has 0 aliphatic carbocycles. The van der Waals surface area contributed by atoms with E-state index < -0.39 is 4.92 Å². The summed E-state index contributed by atoms with van der Waals surface area (Å²) in [6.07, 6.45) is 0. The van der Waals surface area contributed by atoms with Gasteiger partial charge in [0.25, 0.3) is 5.69 Å². The predicted molar refractivity (Wildman–Crippen MR) is 64.0 cm³/mol. The molecule has 0 spiro atoms. The van der Waals surface area contributed by atoms with Crippen LogP contribution in [0.3, 0.4) is 0 Å². The van der Waals surface area contributed by atoms with Crippen LogP contribution in [0.1, 0.15) is 24.4 Å². The molecule has 0 aliphatic heterocycles. The average Bonchev–Trinajstić information content (AvgIpc) is 2.84. The van der Waals surface area contributed by atoms with E-state index in [4.69, 9.17) is 0 Å². The first kappa shape index (κ1) is 12.0. The van der Waals surface area contributed by atoms with Crippen LogP contribution in [-0.4, -0.2) is 25.5 Å². The van der Waals surface area contributed by atoms with Gasteiger partial charge in [0.05, 0.1) is 11.0 Å². The molecule has 1 heterocycles. The van der Waals surface area contributed by atoms with Gasteiger partial charge >= 0.3 is 0 Å². The van der Waals surface area contributed by atoms with Gasteiger partial charge in [-0.3, -0.25) is 10.1 Å². The lowest BCUT2D eigenvalue weighted by Gasteiger charge is -2.11. The van der Waals surface area contributed by atoms with E-state index >= 15 is 0 Å². The Morgan fingerprint density at radius 2 is 2.28 bits per heavy atom. The Hall–Kier alpha value is -2.51. The maximum atomic E-state index is 11.0. The summed E-state index contributed by atoms with van der Waals surface area (Å²) in [5.41, 5.74) is 1.30. The first-order chi connectivity index (χ1) is 8.58. The molecule has 0 radical (unpaired) electrons. The normalized spacial score (nSPS) is 12.1. The van der Waals surface area contributed by atoms with Crippen molar-refractivity contribution < 1.29 is 4.92 Å². The van der Waals surface area contributed by atoms with Crippen molar-refractivity contribution in [1.82, 2.24) is 20.6 Å². The molecule has 0 bridgehead atoms. The molecule has 8 heteroatoms. The minimum atomic E-state index is -0.418. The molecule has 1 atom stereocenters. The van der Waals surface area contributed by atoms with E-state index in [9.17, 15) is 10.1 Å². The number of nitro benzene ring substituents is 1. The summed E-state index contributed by atoms with van der Waals surface area (Å²) in [5.74, 6) is 0.449. The van der Waals surface area contributed by atoms with Crippen LogP contribution in [0.4, 0.5) is 11.4 Å². The van der Waals surface area contributed by atoms with Crippen LogP contribution in [0.25, 0.3) is 0 Å². The van der Waals surface area contributed by atoms with Gasteiger partial charge in [0.15, 0.2) is 5.82 Å². The molecule has 2 N–H and O–H groups in total. The summed E-state index contributed by atoms with van der Waals surface area (Å²) in [5, 5.41) is 27.4. The number of nitro groups is 1. The number of tetrazole rings is 1. The second-order valence-corrected chi connectivity index (χ2v) is 3.91. The lowest BCUT2D eigenvalue weighted by atomic mass is 10.2. The number of aromatic nitrogens is 4. The second-order valence-electron chi connectivity index (χ2n) is 3.91. The molecule has 8 nitrogen and oxygen atoms in total. The van der Waals surface area contributed by atoms with Gasteiger partial charge in [-0.1, -0.05) is 11.3 Å². The van der Waals surface area contributed by atoms with Gasteiger partial charge < -0.3 is 5.32 Å². The summed E-state index contributed by atoms with van der Waals surface area (Å²) in [6, 6.07) is 4.72. The molecule has 0 amide bonds. The van der Waals surface area contributed by atoms with Crippen molar-refractivity contribution in [3.05, 3.63) is 39.7 Å². The summed E-state index contributed by atoms with van der Waals surface area (Å²) < 4.78 is 0. The standard InChI is InChI=1S/C10H12N6O2/c1-6-3-4-8(9(5-6)16(17)18)11-7(2)10-12-14-15-13-10/h3-5,7,11H,1-2H3,(H,12,13,14,15). The topological polar surface area (TPSA) is 110 Å². The van der Waals surface area contributed by atoms with E-state index in [1.807, 2.05) is 0 Å². The average molecular weight is 248 g/mol. The van der Waals surface area contributed by atoms with E-state index in [1.54, 1.807) is 26.0 Å². The fourth-order valence-electron chi connectivity index (χ4n) is 1.57. The van der Waals surface area contributed by atoms with Crippen molar-refractivity contribution in [2.75, 3.05) is 5.32 Å². The molecule has 0 saturated heterocycles. The van der Waals surface area contributed by atoms with E-state index in [0.29, 0.717) is 11.5 Å². The maximum Gasteiger partial charge on any atom is 0.292 e. The molecule has 0 saturated carbocycles. The van der Waals surface area contributed by atoms with Crippen LogP contribution in [0.15, 0.2) is 18.2 Å². The highest BCUT2D eigenvalue weighted by atomic mass is 16.6. The van der Waals surface area contributed by atoms with Gasteiger partial charge in [0, 0.05) is 6.07 Å². The van der Waals surface area contributed by atoms with E-state index in [1.165, 1.54) is 6.07 Å². The van der Waals surface area contributed by atoms with E-state index in [0.717, 1.165) is 5.56 Å². The minimum Gasteiger partial charge on any atom is -0.370 e. The lowest BCUT2D eigenvalue weighted by molar-refractivity contribution is -0.384. The van der Waals surface area contributed by atoms with Crippen LogP contribution in [0.5, 0.6) is 0 Å². The Bertz CT molecular complexity index is 554. The largest absolute Gasteiger partial charge is 0.370 e. The predicted octanol–water partition coefficient (Wildman–Crippen LogP) is 1.59. The molecule has 0 fully saturated rings. The number of benzene rings is 1. The molecular weight excluding hydrogens is 236 g/mol. The summed E-state index contributed by atoms with van der Waals surface area (Å²) >= 11 is 0. The van der Waals surface area contributed by atoms with Gasteiger partial charge in [-0.2, -0.15) is 5.21 Å². The number of rotatable bonds is 4. The lowest BCUT2D eigenvalue weighted by Crippen LogP contribution is -2.10. The first-order valence-electron chi connectivity index (χ1n) is 5.33. The number of anilines is 1. The van der Waals surface area contributed by atoms with Gasteiger partial charge in [0.1, 0.15) is 5.69 Å². The fourth-order valence-corrected chi connectivity index (χ4v) is 1.57. The number of aromatic amines is 1. The number of hydrogen-bond donors (Lipinski definition) is 2. The van der Waals surface area contributed by atoms with Gasteiger partial charge in [-0.05, 0) is 25.5 Å². The first-order valence-corrected chi connectivity index (χ1v) is 5.33. The Morgan fingerprint density at radius 1 is 1.50 bits per heavy atom. The van der Waals surface area contributed by atoms with Crippen LogP contribution in [-0.2, 0) is 0 Å². The van der Waals surface area contributed by atoms with E-state index in [-0.39, 0.29) is 11.7 Å². The molecule has 2 rings (SSSR count). The molecule has 0 aliphatic rings. The quantitative estimate of drug-likeness (QED) is 0.628. The molecule has 1 unspecified atom stereocenters. The highest BCUT2D eigenvalue weighted by Crippen LogP contribution is 2.27. The SMILES string of the molecule is Cc1ccc(NC(C)c2nn[nH]n2)c([N+](=O)[O-])c1. The zero-order valence-corrected chi connectivity index (χ0v) is 9.91. The van der Waals surface area contributed by atoms with Crippen molar-refractivity contribution >= 4 is 11.4 Å². The van der Waals surface area contributed by atoms with Gasteiger partial charge in [-0.25, -0.2) is 0 Å². The Morgan fingerprint density at radius 3 is 2.89 bits per heavy atom. The fraction of sp³-hybridized carbons (Fsp3) is 0.300. The van der Waals surface area contributed by atoms with Gasteiger partial charge in [-0.15, -0.1) is 10.2 Å². The summed E-state index contributed by atoms with van der Waals surface area (Å²) in [6.45, 7) is 3.60. The molecule has 2 aromatic rings. The van der Waals surface area contributed by atoms with Crippen molar-refractivity contribution in [2.45, 2.75) is 19.9 Å². The van der Waals surface area contributed by atoms with Crippen LogP contribution in [0, 0.1) is 17.0 Å². The van der Waals surface area contributed by atoms with Crippen LogP contribution < -0.4 is 5.32 Å². The zero-order chi connectivity index (χ0) is 13.1. The van der Waals surface area contributed by atoms with Crippen LogP contribution in [0.2, 0.25) is 0 Å². The molecule has 1 aromatic carbocycles. The van der Waals surface area contributed by atoms with Crippen molar-refractivity contribution in [1.29, 1.82) is 0 Å². The molecular formula is C10H12N6O2. The zero-order valence-electron chi connectivity index (χ0n) is 9.91. The number of nitrogens with zero attached hydrogens (tertiary/aromatic N) is 4. The van der Waals surface area contributed by atoms with Crippen LogP contribution >= 0.6 is 0 Å². The summed E-state index contributed by atoms with van der Waals surface area (Å²) in [4.78, 5) is 10.5. The van der Waals surface area contributed by atoms with Gasteiger partial charge in [0.2, 0.25) is 0 Å². The Kier molecular flexibility index (Phi) is 3.18. The van der Waals surface area contributed by atoms with Crippen molar-refractivity contribution in [3.63, 3.8) is 0 Å². The highest BCUT2D eigenvalue weighted by molar-refractivity contribution is 5.63. The molecule has 18 heavy (non-hydrogen) atoms. The monoisotopic (exact) mass is 248 g/mol. The number of nitrogens with one attached hydrogen (secondary N) is 2. The van der Waals surface area contributed by atoms with Crippen molar-refractivity contribution in [3.8, 4) is 0 Å². The smallest absolute Gasteiger partial charge is 0.292 e. The minimum absolute atomic E-state index is 0.0327. The number of hydrogen-bond acceptors (Lipinski definition) is 6. The van der Waals surface area contributed by atoms with E-state index in [2.05, 4.69) is 25.9 Å². The third-order valence-electron chi connectivity index (χ3n) is 2.47. The Balaban J connectivity index is 2.26. The number of H-pyrrole nitrogens is 1.